The molecule has 0 aromatic heterocycles. The van der Waals surface area contributed by atoms with Crippen molar-refractivity contribution in [3.05, 3.63) is 0 Å². The van der Waals surface area contributed by atoms with Gasteiger partial charge in [-0.15, -0.1) is 0 Å². The summed E-state index contributed by atoms with van der Waals surface area (Å²) in [7, 11) is 0. The maximum Gasteiger partial charge on any atom is 0.322 e. The summed E-state index contributed by atoms with van der Waals surface area (Å²) < 4.78 is 16.8. The molecule has 4 atom stereocenters. The molecule has 0 aromatic rings. The molecule has 0 fully saturated rings. The highest BCUT2D eigenvalue weighted by molar-refractivity contribution is 5.75. The van der Waals surface area contributed by atoms with E-state index in [0.717, 1.165) is 57.8 Å². The Kier molecular flexibility index (Phi) is 41.5. The van der Waals surface area contributed by atoms with Gasteiger partial charge in [0.05, 0.1) is 18.6 Å². The average Bonchev–Trinajstić information content (AvgIpc) is 3.23. The molecule has 4 unspecified atom stereocenters. The molecule has 0 saturated carbocycles. The zero-order valence-electron chi connectivity index (χ0n) is 40.0. The minimum absolute atomic E-state index is 0.0870. The van der Waals surface area contributed by atoms with Crippen LogP contribution in [0.1, 0.15) is 240 Å². The molecule has 11 nitrogen and oxygen atoms in total. The van der Waals surface area contributed by atoms with E-state index in [0.29, 0.717) is 38.6 Å². The SMILES string of the molecule is CCCCCCCCCCCC(=O)OCC(CN(CCCCC(N)C(=O)OCC)CC(O)CC(CCCCCCCCCC)C(=O)O)OC(=O)CCCCCCCCCCC. The van der Waals surface area contributed by atoms with E-state index >= 15 is 0 Å². The Labute approximate surface area is 373 Å². The highest BCUT2D eigenvalue weighted by Crippen LogP contribution is 2.20. The Morgan fingerprint density at radius 3 is 1.46 bits per heavy atom. The van der Waals surface area contributed by atoms with Gasteiger partial charge < -0.3 is 30.2 Å². The number of rotatable bonds is 46. The second-order valence-corrected chi connectivity index (χ2v) is 17.8. The molecule has 0 aliphatic heterocycles. The molecule has 0 saturated heterocycles. The number of hydrogen-bond donors (Lipinski definition) is 3. The number of hydrogen-bond acceptors (Lipinski definition) is 10. The van der Waals surface area contributed by atoms with E-state index in [1.54, 1.807) is 6.92 Å². The van der Waals surface area contributed by atoms with Crippen LogP contribution in [0, 0.1) is 5.92 Å². The summed E-state index contributed by atoms with van der Waals surface area (Å²) in [6.45, 7) is 9.43. The smallest absolute Gasteiger partial charge is 0.322 e. The fourth-order valence-corrected chi connectivity index (χ4v) is 7.97. The standard InChI is InChI=1S/C50H96N2O9/c1-5-9-12-15-18-21-24-27-30-36-47(54)60-42-45(61-48(55)37-31-28-25-22-19-16-13-10-6-2)41-52(38-33-32-35-46(51)50(58)59-8-4)40-44(53)39-43(49(56)57)34-29-26-23-20-17-14-11-7-3/h43-46,53H,5-42,51H2,1-4H3,(H,56,57). The molecule has 61 heavy (non-hydrogen) atoms. The highest BCUT2D eigenvalue weighted by Gasteiger charge is 2.26. The fourth-order valence-electron chi connectivity index (χ4n) is 7.97. The molecule has 0 aliphatic carbocycles. The first-order valence-electron chi connectivity index (χ1n) is 25.5. The third-order valence-electron chi connectivity index (χ3n) is 11.8. The first-order chi connectivity index (χ1) is 29.6. The molecule has 0 heterocycles. The molecule has 0 radical (unpaired) electrons. The molecule has 360 valence electrons. The summed E-state index contributed by atoms with van der Waals surface area (Å²) in [5.41, 5.74) is 6.06. The maximum atomic E-state index is 13.2. The van der Waals surface area contributed by atoms with Crippen LogP contribution < -0.4 is 5.73 Å². The minimum atomic E-state index is -0.926. The molecule has 0 aromatic carbocycles. The van der Waals surface area contributed by atoms with Crippen molar-refractivity contribution in [1.82, 2.24) is 4.90 Å². The summed E-state index contributed by atoms with van der Waals surface area (Å²) in [4.78, 5) is 52.4. The Balaban J connectivity index is 5.58. The molecular weight excluding hydrogens is 773 g/mol. The number of ether oxygens (including phenoxy) is 3. The van der Waals surface area contributed by atoms with Gasteiger partial charge in [0.25, 0.3) is 0 Å². The Morgan fingerprint density at radius 1 is 0.541 bits per heavy atom. The number of carboxylic acids is 1. The lowest BCUT2D eigenvalue weighted by Crippen LogP contribution is -2.43. The second-order valence-electron chi connectivity index (χ2n) is 17.8. The predicted molar refractivity (Wildman–Crippen MR) is 248 cm³/mol. The van der Waals surface area contributed by atoms with Gasteiger partial charge in [0.2, 0.25) is 0 Å². The van der Waals surface area contributed by atoms with Crippen LogP contribution in [-0.2, 0) is 33.4 Å². The van der Waals surface area contributed by atoms with Gasteiger partial charge in [-0.25, -0.2) is 0 Å². The quantitative estimate of drug-likeness (QED) is 0.0303. The Bertz CT molecular complexity index is 1040. The van der Waals surface area contributed by atoms with Gasteiger partial charge in [-0.1, -0.05) is 181 Å². The number of aliphatic hydroxyl groups is 1. The Morgan fingerprint density at radius 2 is 0.984 bits per heavy atom. The van der Waals surface area contributed by atoms with Crippen LogP contribution in [0.15, 0.2) is 0 Å². The summed E-state index contributed by atoms with van der Waals surface area (Å²) in [6, 6.07) is -0.730. The summed E-state index contributed by atoms with van der Waals surface area (Å²) >= 11 is 0. The van der Waals surface area contributed by atoms with Crippen molar-refractivity contribution < 1.29 is 43.6 Å². The molecule has 0 rings (SSSR count). The van der Waals surface area contributed by atoms with Crippen LogP contribution in [0.3, 0.4) is 0 Å². The normalized spacial score (nSPS) is 13.5. The third-order valence-corrected chi connectivity index (χ3v) is 11.8. The molecule has 0 bridgehead atoms. The van der Waals surface area contributed by atoms with Gasteiger partial charge in [0, 0.05) is 25.9 Å². The van der Waals surface area contributed by atoms with Crippen molar-refractivity contribution in [3.8, 4) is 0 Å². The van der Waals surface area contributed by atoms with Crippen LogP contribution in [-0.4, -0.2) is 90.1 Å². The topological polar surface area (TPSA) is 166 Å². The molecule has 0 amide bonds. The Hall–Kier alpha value is -2.24. The number of aliphatic hydroxyl groups excluding tert-OH is 1. The van der Waals surface area contributed by atoms with Gasteiger partial charge >= 0.3 is 23.9 Å². The maximum absolute atomic E-state index is 13.2. The minimum Gasteiger partial charge on any atom is -0.481 e. The summed E-state index contributed by atoms with van der Waals surface area (Å²) in [5.74, 6) is -2.64. The van der Waals surface area contributed by atoms with E-state index in [9.17, 15) is 29.4 Å². The van der Waals surface area contributed by atoms with Crippen molar-refractivity contribution in [2.75, 3.05) is 32.8 Å². The first kappa shape index (κ1) is 58.8. The third kappa shape index (κ3) is 38.0. The lowest BCUT2D eigenvalue weighted by Gasteiger charge is -2.30. The lowest BCUT2D eigenvalue weighted by molar-refractivity contribution is -0.160. The van der Waals surface area contributed by atoms with Crippen molar-refractivity contribution >= 4 is 23.9 Å². The number of aliphatic carboxylic acids is 1. The van der Waals surface area contributed by atoms with E-state index in [-0.39, 0.29) is 51.1 Å². The van der Waals surface area contributed by atoms with E-state index in [1.165, 1.54) is 109 Å². The summed E-state index contributed by atoms with van der Waals surface area (Å²) in [6.07, 6.45) is 30.8. The largest absolute Gasteiger partial charge is 0.481 e. The zero-order valence-corrected chi connectivity index (χ0v) is 40.0. The summed E-state index contributed by atoms with van der Waals surface area (Å²) in [5, 5.41) is 21.4. The monoisotopic (exact) mass is 869 g/mol. The van der Waals surface area contributed by atoms with Gasteiger partial charge in [-0.2, -0.15) is 0 Å². The van der Waals surface area contributed by atoms with E-state index in [1.807, 2.05) is 4.90 Å². The van der Waals surface area contributed by atoms with Crippen LogP contribution >= 0.6 is 0 Å². The van der Waals surface area contributed by atoms with E-state index in [4.69, 9.17) is 19.9 Å². The number of carboxylic acid groups (broad SMARTS) is 1. The number of carbonyl (C=O) groups excluding carboxylic acids is 3. The van der Waals surface area contributed by atoms with Gasteiger partial charge in [0.15, 0.2) is 0 Å². The number of unbranched alkanes of at least 4 members (excludes halogenated alkanes) is 24. The highest BCUT2D eigenvalue weighted by atomic mass is 16.6. The second kappa shape index (κ2) is 43.0. The van der Waals surface area contributed by atoms with E-state index in [2.05, 4.69) is 20.8 Å². The number of nitrogens with two attached hydrogens (primary N) is 1. The molecular formula is C50H96N2O9. The first-order valence-corrected chi connectivity index (χ1v) is 25.5. The average molecular weight is 869 g/mol. The number of esters is 3. The number of carbonyl (C=O) groups is 4. The fraction of sp³-hybridized carbons (Fsp3) is 0.920. The van der Waals surface area contributed by atoms with Crippen molar-refractivity contribution in [2.45, 2.75) is 258 Å². The van der Waals surface area contributed by atoms with Crippen LogP contribution in [0.25, 0.3) is 0 Å². The van der Waals surface area contributed by atoms with Crippen LogP contribution in [0.2, 0.25) is 0 Å². The van der Waals surface area contributed by atoms with Crippen LogP contribution in [0.5, 0.6) is 0 Å². The molecule has 4 N–H and O–H groups in total. The molecule has 0 aliphatic rings. The zero-order chi connectivity index (χ0) is 45.2. The van der Waals surface area contributed by atoms with Crippen molar-refractivity contribution in [1.29, 1.82) is 0 Å². The lowest BCUT2D eigenvalue weighted by atomic mass is 9.94. The molecule has 0 spiro atoms. The number of nitrogens with zero attached hydrogens (tertiary/aromatic N) is 1. The molecule has 11 heteroatoms. The van der Waals surface area contributed by atoms with Gasteiger partial charge in [-0.3, -0.25) is 24.1 Å². The van der Waals surface area contributed by atoms with E-state index < -0.39 is 36.1 Å². The predicted octanol–water partition coefficient (Wildman–Crippen LogP) is 11.6. The van der Waals surface area contributed by atoms with Crippen LogP contribution in [0.4, 0.5) is 0 Å². The van der Waals surface area contributed by atoms with Gasteiger partial charge in [-0.05, 0) is 52.0 Å². The van der Waals surface area contributed by atoms with Gasteiger partial charge in [0.1, 0.15) is 18.8 Å². The van der Waals surface area contributed by atoms with Crippen molar-refractivity contribution in [2.24, 2.45) is 11.7 Å². The van der Waals surface area contributed by atoms with Crippen molar-refractivity contribution in [3.63, 3.8) is 0 Å².